The van der Waals surface area contributed by atoms with E-state index in [1.165, 1.54) is 18.2 Å². The zero-order valence-electron chi connectivity index (χ0n) is 9.75. The van der Waals surface area contributed by atoms with Gasteiger partial charge >= 0.3 is 0 Å². The van der Waals surface area contributed by atoms with Crippen molar-refractivity contribution in [1.82, 2.24) is 0 Å². The molecule has 0 saturated heterocycles. The second-order valence-electron chi connectivity index (χ2n) is 3.98. The number of rotatable bonds is 6. The Kier molecular flexibility index (Phi) is 5.77. The molecule has 96 valence electrons. The molecule has 17 heavy (non-hydrogen) atoms. The monoisotopic (exact) mass is 294 g/mol. The number of benzene rings is 1. The van der Waals surface area contributed by atoms with E-state index < -0.39 is 9.84 Å². The van der Waals surface area contributed by atoms with Crippen molar-refractivity contribution in [2.75, 3.05) is 5.75 Å². The van der Waals surface area contributed by atoms with Crippen molar-refractivity contribution in [3.63, 3.8) is 0 Å². The Hall–Kier alpha value is -0.250. The average molecular weight is 295 g/mol. The highest BCUT2D eigenvalue weighted by atomic mass is 35.5. The summed E-state index contributed by atoms with van der Waals surface area (Å²) in [5, 5.41) is 0.703. The molecule has 1 rings (SSSR count). The van der Waals surface area contributed by atoms with Gasteiger partial charge in [0.1, 0.15) is 0 Å². The molecular weight excluding hydrogens is 279 g/mol. The van der Waals surface area contributed by atoms with E-state index in [-0.39, 0.29) is 10.6 Å². The van der Waals surface area contributed by atoms with Gasteiger partial charge in [0, 0.05) is 10.0 Å². The summed E-state index contributed by atoms with van der Waals surface area (Å²) < 4.78 is 24.0. The maximum atomic E-state index is 12.0. The molecule has 0 saturated carbocycles. The molecule has 0 amide bonds. The fraction of sp³-hybridized carbons (Fsp3) is 0.500. The lowest BCUT2D eigenvalue weighted by atomic mass is 10.2. The van der Waals surface area contributed by atoms with Crippen molar-refractivity contribution < 1.29 is 8.42 Å². The van der Waals surface area contributed by atoms with Crippen LogP contribution in [0.25, 0.3) is 0 Å². The maximum Gasteiger partial charge on any atom is 0.178 e. The molecule has 0 bridgehead atoms. The molecule has 0 aliphatic heterocycles. The van der Waals surface area contributed by atoms with E-state index in [9.17, 15) is 8.42 Å². The summed E-state index contributed by atoms with van der Waals surface area (Å²) in [4.78, 5) is 0.214. The van der Waals surface area contributed by atoms with Crippen molar-refractivity contribution in [2.45, 2.75) is 37.5 Å². The minimum absolute atomic E-state index is 0.156. The Morgan fingerprint density at radius 3 is 2.12 bits per heavy atom. The summed E-state index contributed by atoms with van der Waals surface area (Å²) in [6, 6.07) is 4.42. The predicted molar refractivity (Wildman–Crippen MR) is 72.7 cm³/mol. The standard InChI is InChI=1S/C12H16Cl2O2S/c1-2-3-4-5-6-17(15,16)12-8-10(13)7-11(14)9-12/h7-9H,2-6H2,1H3. The highest BCUT2D eigenvalue weighted by molar-refractivity contribution is 7.91. The first-order chi connectivity index (χ1) is 7.95. The zero-order chi connectivity index (χ0) is 12.9. The summed E-state index contributed by atoms with van der Waals surface area (Å²) in [5.41, 5.74) is 0. The van der Waals surface area contributed by atoms with E-state index in [1.807, 2.05) is 0 Å². The summed E-state index contributed by atoms with van der Waals surface area (Å²) in [7, 11) is -3.25. The first-order valence-corrected chi connectivity index (χ1v) is 8.05. The second kappa shape index (κ2) is 6.62. The van der Waals surface area contributed by atoms with Crippen molar-refractivity contribution in [3.8, 4) is 0 Å². The average Bonchev–Trinajstić information content (AvgIpc) is 2.23. The first-order valence-electron chi connectivity index (χ1n) is 5.64. The third-order valence-corrected chi connectivity index (χ3v) is 4.68. The third-order valence-electron chi connectivity index (χ3n) is 2.46. The van der Waals surface area contributed by atoms with Gasteiger partial charge in [-0.15, -0.1) is 0 Å². The first kappa shape index (κ1) is 14.8. The van der Waals surface area contributed by atoms with Gasteiger partial charge in [-0.2, -0.15) is 0 Å². The number of hydrogen-bond acceptors (Lipinski definition) is 2. The van der Waals surface area contributed by atoms with Gasteiger partial charge in [0.25, 0.3) is 0 Å². The smallest absolute Gasteiger partial charge is 0.178 e. The van der Waals surface area contributed by atoms with Crippen LogP contribution in [0, 0.1) is 0 Å². The van der Waals surface area contributed by atoms with E-state index in [0.29, 0.717) is 16.5 Å². The van der Waals surface area contributed by atoms with Gasteiger partial charge < -0.3 is 0 Å². The van der Waals surface area contributed by atoms with Gasteiger partial charge in [-0.05, 0) is 24.6 Å². The molecule has 0 aliphatic carbocycles. The summed E-state index contributed by atoms with van der Waals surface area (Å²) in [5.74, 6) is 0.156. The topological polar surface area (TPSA) is 34.1 Å². The number of sulfone groups is 1. The Labute approximate surface area is 113 Å². The number of halogens is 2. The van der Waals surface area contributed by atoms with Crippen LogP contribution >= 0.6 is 23.2 Å². The van der Waals surface area contributed by atoms with Gasteiger partial charge in [-0.3, -0.25) is 0 Å². The normalized spacial score (nSPS) is 11.7. The van der Waals surface area contributed by atoms with Crippen LogP contribution in [0.4, 0.5) is 0 Å². The molecule has 0 aliphatic rings. The Morgan fingerprint density at radius 2 is 1.59 bits per heavy atom. The van der Waals surface area contributed by atoms with Crippen LogP contribution in [0.15, 0.2) is 23.1 Å². The van der Waals surface area contributed by atoms with Crippen molar-refractivity contribution in [1.29, 1.82) is 0 Å². The molecular formula is C12H16Cl2O2S. The van der Waals surface area contributed by atoms with Gasteiger partial charge in [-0.1, -0.05) is 49.4 Å². The molecule has 1 aromatic rings. The zero-order valence-corrected chi connectivity index (χ0v) is 12.1. The Bertz CT molecular complexity index is 449. The maximum absolute atomic E-state index is 12.0. The van der Waals surface area contributed by atoms with Gasteiger partial charge in [-0.25, -0.2) is 8.42 Å². The molecule has 0 aromatic heterocycles. The highest BCUT2D eigenvalue weighted by Crippen LogP contribution is 2.23. The summed E-state index contributed by atoms with van der Waals surface area (Å²) in [6.07, 6.45) is 3.76. The van der Waals surface area contributed by atoms with Crippen LogP contribution in [0.3, 0.4) is 0 Å². The Balaban J connectivity index is 2.75. The largest absolute Gasteiger partial charge is 0.224 e. The van der Waals surface area contributed by atoms with Crippen LogP contribution in [0.2, 0.25) is 10.0 Å². The highest BCUT2D eigenvalue weighted by Gasteiger charge is 2.15. The number of hydrogen-bond donors (Lipinski definition) is 0. The van der Waals surface area contributed by atoms with Crippen molar-refractivity contribution in [2.24, 2.45) is 0 Å². The molecule has 0 heterocycles. The lowest BCUT2D eigenvalue weighted by molar-refractivity contribution is 0.589. The molecule has 0 fully saturated rings. The van der Waals surface area contributed by atoms with E-state index in [4.69, 9.17) is 23.2 Å². The minimum atomic E-state index is -3.25. The van der Waals surface area contributed by atoms with Gasteiger partial charge in [0.15, 0.2) is 9.84 Å². The predicted octanol–water partition coefficient (Wildman–Crippen LogP) is 4.35. The molecule has 0 atom stereocenters. The minimum Gasteiger partial charge on any atom is -0.224 e. The van der Waals surface area contributed by atoms with Crippen LogP contribution in [-0.2, 0) is 9.84 Å². The summed E-state index contributed by atoms with van der Waals surface area (Å²) in [6.45, 7) is 2.09. The molecule has 0 spiro atoms. The quantitative estimate of drug-likeness (QED) is 0.731. The summed E-state index contributed by atoms with van der Waals surface area (Å²) >= 11 is 11.6. The lowest BCUT2D eigenvalue weighted by Gasteiger charge is -2.05. The van der Waals surface area contributed by atoms with Crippen LogP contribution in [0.1, 0.15) is 32.6 Å². The second-order valence-corrected chi connectivity index (χ2v) is 6.97. The van der Waals surface area contributed by atoms with E-state index in [0.717, 1.165) is 19.3 Å². The number of unbranched alkanes of at least 4 members (excludes halogenated alkanes) is 3. The fourth-order valence-electron chi connectivity index (χ4n) is 1.54. The fourth-order valence-corrected chi connectivity index (χ4v) is 3.63. The third kappa shape index (κ3) is 4.86. The van der Waals surface area contributed by atoms with Gasteiger partial charge in [0.05, 0.1) is 10.6 Å². The van der Waals surface area contributed by atoms with Gasteiger partial charge in [0.2, 0.25) is 0 Å². The van der Waals surface area contributed by atoms with Crippen LogP contribution in [0.5, 0.6) is 0 Å². The van der Waals surface area contributed by atoms with E-state index >= 15 is 0 Å². The Morgan fingerprint density at radius 1 is 1.00 bits per heavy atom. The van der Waals surface area contributed by atoms with Crippen LogP contribution in [-0.4, -0.2) is 14.2 Å². The van der Waals surface area contributed by atoms with Crippen molar-refractivity contribution in [3.05, 3.63) is 28.2 Å². The van der Waals surface area contributed by atoms with E-state index in [1.54, 1.807) is 0 Å². The SMILES string of the molecule is CCCCCCS(=O)(=O)c1cc(Cl)cc(Cl)c1. The molecule has 1 aromatic carbocycles. The molecule has 5 heteroatoms. The van der Waals surface area contributed by atoms with E-state index in [2.05, 4.69) is 6.92 Å². The van der Waals surface area contributed by atoms with Crippen molar-refractivity contribution >= 4 is 33.0 Å². The molecule has 2 nitrogen and oxygen atoms in total. The molecule has 0 N–H and O–H groups in total. The molecule has 0 radical (unpaired) electrons. The van der Waals surface area contributed by atoms with Crippen LogP contribution < -0.4 is 0 Å². The lowest BCUT2D eigenvalue weighted by Crippen LogP contribution is -2.06. The molecule has 0 unspecified atom stereocenters.